The first-order chi connectivity index (χ1) is 8.63. The van der Waals surface area contributed by atoms with Crippen LogP contribution in [0.2, 0.25) is 0 Å². The van der Waals surface area contributed by atoms with Gasteiger partial charge in [-0.05, 0) is 33.2 Å². The third-order valence-electron chi connectivity index (χ3n) is 3.75. The molecule has 18 heavy (non-hydrogen) atoms. The second kappa shape index (κ2) is 5.67. The highest BCUT2D eigenvalue weighted by Crippen LogP contribution is 2.25. The van der Waals surface area contributed by atoms with E-state index in [9.17, 15) is 4.39 Å². The van der Waals surface area contributed by atoms with E-state index in [1.165, 1.54) is 6.07 Å². The summed E-state index contributed by atoms with van der Waals surface area (Å²) in [5.74, 6) is -0.117. The van der Waals surface area contributed by atoms with Gasteiger partial charge in [0.1, 0.15) is 5.82 Å². The molecule has 1 aliphatic rings. The van der Waals surface area contributed by atoms with E-state index in [-0.39, 0.29) is 5.82 Å². The molecule has 4 heteroatoms. The molecule has 0 aromatic heterocycles. The van der Waals surface area contributed by atoms with Crippen molar-refractivity contribution in [3.63, 3.8) is 0 Å². The Morgan fingerprint density at radius 3 is 2.83 bits per heavy atom. The number of benzene rings is 1. The van der Waals surface area contributed by atoms with E-state index in [0.717, 1.165) is 30.9 Å². The molecule has 0 amide bonds. The predicted octanol–water partition coefficient (Wildman–Crippen LogP) is 1.69. The summed E-state index contributed by atoms with van der Waals surface area (Å²) in [6.07, 6.45) is 0. The maximum atomic E-state index is 13.9. The minimum absolute atomic E-state index is 0.117. The van der Waals surface area contributed by atoms with E-state index in [0.29, 0.717) is 12.6 Å². The molecule has 0 aliphatic carbocycles. The number of hydrogen-bond donors (Lipinski definition) is 1. The van der Waals surface area contributed by atoms with Crippen LogP contribution in [0, 0.1) is 5.82 Å². The van der Waals surface area contributed by atoms with Crippen LogP contribution in [-0.4, -0.2) is 44.7 Å². The highest BCUT2D eigenvalue weighted by Gasteiger charge is 2.23. The Kier molecular flexibility index (Phi) is 4.19. The molecule has 1 aliphatic heterocycles. The molecule has 1 unspecified atom stereocenters. The van der Waals surface area contributed by atoms with Crippen LogP contribution in [0.1, 0.15) is 12.5 Å². The first-order valence-electron chi connectivity index (χ1n) is 6.50. The van der Waals surface area contributed by atoms with Gasteiger partial charge in [0.2, 0.25) is 0 Å². The van der Waals surface area contributed by atoms with Gasteiger partial charge in [0.15, 0.2) is 0 Å². The molecular weight excluding hydrogens is 229 g/mol. The van der Waals surface area contributed by atoms with E-state index in [2.05, 4.69) is 29.1 Å². The van der Waals surface area contributed by atoms with Crippen molar-refractivity contribution in [2.75, 3.05) is 38.6 Å². The normalized spacial score (nSPS) is 21.3. The minimum atomic E-state index is -0.117. The Hall–Kier alpha value is -1.13. The molecule has 0 bridgehead atoms. The molecule has 0 spiro atoms. The number of nitrogens with zero attached hydrogens (tertiary/aromatic N) is 2. The zero-order valence-corrected chi connectivity index (χ0v) is 11.4. The van der Waals surface area contributed by atoms with E-state index in [1.54, 1.807) is 6.07 Å². The summed E-state index contributed by atoms with van der Waals surface area (Å²) >= 11 is 0. The van der Waals surface area contributed by atoms with Gasteiger partial charge in [-0.1, -0.05) is 6.07 Å². The lowest BCUT2D eigenvalue weighted by Gasteiger charge is -2.39. The number of halogens is 1. The second-order valence-corrected chi connectivity index (χ2v) is 5.04. The third kappa shape index (κ3) is 2.65. The molecule has 1 saturated heterocycles. The second-order valence-electron chi connectivity index (χ2n) is 5.04. The Morgan fingerprint density at radius 1 is 1.39 bits per heavy atom. The third-order valence-corrected chi connectivity index (χ3v) is 3.75. The predicted molar refractivity (Wildman–Crippen MR) is 73.5 cm³/mol. The maximum Gasteiger partial charge on any atom is 0.129 e. The smallest absolute Gasteiger partial charge is 0.129 e. The molecule has 1 N–H and O–H groups in total. The van der Waals surface area contributed by atoms with Gasteiger partial charge in [0, 0.05) is 43.5 Å². The van der Waals surface area contributed by atoms with Crippen LogP contribution in [0.25, 0.3) is 0 Å². The average molecular weight is 251 g/mol. The zero-order chi connectivity index (χ0) is 13.1. The van der Waals surface area contributed by atoms with Crippen molar-refractivity contribution in [1.82, 2.24) is 10.2 Å². The summed E-state index contributed by atoms with van der Waals surface area (Å²) in [7, 11) is 3.99. The zero-order valence-electron chi connectivity index (χ0n) is 11.4. The van der Waals surface area contributed by atoms with Gasteiger partial charge in [-0.2, -0.15) is 0 Å². The molecule has 100 valence electrons. The van der Waals surface area contributed by atoms with Crippen LogP contribution in [0.15, 0.2) is 18.2 Å². The van der Waals surface area contributed by atoms with Gasteiger partial charge in [-0.15, -0.1) is 0 Å². The Labute approximate surface area is 109 Å². The number of piperazine rings is 1. The van der Waals surface area contributed by atoms with Crippen LogP contribution in [0.4, 0.5) is 10.1 Å². The number of likely N-dealkylation sites (N-methyl/N-ethyl adjacent to an activating group) is 1. The van der Waals surface area contributed by atoms with Crippen molar-refractivity contribution in [2.24, 2.45) is 0 Å². The molecular formula is C14H22FN3. The fourth-order valence-electron chi connectivity index (χ4n) is 2.46. The SMILES string of the molecule is CNCc1c(F)cccc1N1CCN(C)C(C)C1. The molecule has 0 saturated carbocycles. The van der Waals surface area contributed by atoms with Crippen molar-refractivity contribution in [3.05, 3.63) is 29.6 Å². The molecule has 0 radical (unpaired) electrons. The Morgan fingerprint density at radius 2 is 2.17 bits per heavy atom. The van der Waals surface area contributed by atoms with Gasteiger partial charge in [0.25, 0.3) is 0 Å². The fraction of sp³-hybridized carbons (Fsp3) is 0.571. The first-order valence-corrected chi connectivity index (χ1v) is 6.50. The largest absolute Gasteiger partial charge is 0.368 e. The Bertz CT molecular complexity index is 408. The summed E-state index contributed by atoms with van der Waals surface area (Å²) < 4.78 is 13.9. The topological polar surface area (TPSA) is 18.5 Å². The Balaban J connectivity index is 2.25. The lowest BCUT2D eigenvalue weighted by Crippen LogP contribution is -2.50. The standard InChI is InChI=1S/C14H22FN3/c1-11-10-18(8-7-17(11)3)14-6-4-5-13(15)12(14)9-16-2/h4-6,11,16H,7-10H2,1-3H3. The monoisotopic (exact) mass is 251 g/mol. The van der Waals surface area contributed by atoms with Crippen molar-refractivity contribution >= 4 is 5.69 Å². The van der Waals surface area contributed by atoms with E-state index < -0.39 is 0 Å². The minimum Gasteiger partial charge on any atom is -0.368 e. The summed E-state index contributed by atoms with van der Waals surface area (Å²) in [6, 6.07) is 5.86. The van der Waals surface area contributed by atoms with Crippen LogP contribution < -0.4 is 10.2 Å². The van der Waals surface area contributed by atoms with Gasteiger partial charge in [-0.3, -0.25) is 0 Å². The van der Waals surface area contributed by atoms with Gasteiger partial charge in [-0.25, -0.2) is 4.39 Å². The highest BCUT2D eigenvalue weighted by atomic mass is 19.1. The number of nitrogens with one attached hydrogen (secondary N) is 1. The number of anilines is 1. The molecule has 2 rings (SSSR count). The molecule has 3 nitrogen and oxygen atoms in total. The average Bonchev–Trinajstić information content (AvgIpc) is 2.35. The van der Waals surface area contributed by atoms with Gasteiger partial charge in [0.05, 0.1) is 0 Å². The van der Waals surface area contributed by atoms with E-state index in [1.807, 2.05) is 13.1 Å². The fourth-order valence-corrected chi connectivity index (χ4v) is 2.46. The first kappa shape index (κ1) is 13.3. The van der Waals surface area contributed by atoms with Crippen LogP contribution in [-0.2, 0) is 6.54 Å². The van der Waals surface area contributed by atoms with Crippen LogP contribution >= 0.6 is 0 Å². The maximum absolute atomic E-state index is 13.9. The quantitative estimate of drug-likeness (QED) is 0.882. The van der Waals surface area contributed by atoms with Crippen molar-refractivity contribution in [1.29, 1.82) is 0 Å². The molecule has 1 fully saturated rings. The summed E-state index contributed by atoms with van der Waals surface area (Å²) in [5, 5.41) is 3.05. The lowest BCUT2D eigenvalue weighted by molar-refractivity contribution is 0.234. The van der Waals surface area contributed by atoms with Crippen LogP contribution in [0.3, 0.4) is 0 Å². The van der Waals surface area contributed by atoms with Crippen molar-refractivity contribution in [3.8, 4) is 0 Å². The summed E-state index contributed by atoms with van der Waals surface area (Å²) in [4.78, 5) is 4.63. The van der Waals surface area contributed by atoms with Crippen molar-refractivity contribution in [2.45, 2.75) is 19.5 Å². The number of hydrogen-bond acceptors (Lipinski definition) is 3. The molecule has 1 aromatic carbocycles. The lowest BCUT2D eigenvalue weighted by atomic mass is 10.1. The van der Waals surface area contributed by atoms with E-state index >= 15 is 0 Å². The molecule has 1 heterocycles. The van der Waals surface area contributed by atoms with Crippen molar-refractivity contribution < 1.29 is 4.39 Å². The van der Waals surface area contributed by atoms with Gasteiger partial charge >= 0.3 is 0 Å². The summed E-state index contributed by atoms with van der Waals surface area (Å²) in [6.45, 7) is 5.72. The number of rotatable bonds is 3. The molecule has 1 atom stereocenters. The van der Waals surface area contributed by atoms with E-state index in [4.69, 9.17) is 0 Å². The van der Waals surface area contributed by atoms with Crippen LogP contribution in [0.5, 0.6) is 0 Å². The highest BCUT2D eigenvalue weighted by molar-refractivity contribution is 5.54. The van der Waals surface area contributed by atoms with Gasteiger partial charge < -0.3 is 15.1 Å². The summed E-state index contributed by atoms with van der Waals surface area (Å²) in [5.41, 5.74) is 1.81. The molecule has 1 aromatic rings.